The molecule has 7 heteroatoms. The quantitative estimate of drug-likeness (QED) is 0.534. The molecule has 6 rings (SSSR count). The SMILES string of the molecule is Cc1c2c(cc3c1O/C(=C\c1cc(Cl)cc4c1OCOC4)C3=O)CN(C1CCCCC1)CO2. The van der Waals surface area contributed by atoms with Crippen molar-refractivity contribution >= 4 is 23.5 Å². The summed E-state index contributed by atoms with van der Waals surface area (Å²) in [5.41, 5.74) is 4.08. The summed E-state index contributed by atoms with van der Waals surface area (Å²) in [6.07, 6.45) is 8.03. The molecule has 0 amide bonds. The molecule has 3 aliphatic heterocycles. The Balaban J connectivity index is 1.33. The van der Waals surface area contributed by atoms with Gasteiger partial charge in [-0.15, -0.1) is 0 Å². The number of halogens is 1. The number of ketones is 1. The van der Waals surface area contributed by atoms with Crippen molar-refractivity contribution in [3.05, 3.63) is 56.8 Å². The molecule has 0 unspecified atom stereocenters. The maximum Gasteiger partial charge on any atom is 0.231 e. The third-order valence-corrected chi connectivity index (χ3v) is 7.26. The van der Waals surface area contributed by atoms with Crippen molar-refractivity contribution in [3.63, 3.8) is 0 Å². The summed E-state index contributed by atoms with van der Waals surface area (Å²) < 4.78 is 23.3. The van der Waals surface area contributed by atoms with Crippen LogP contribution in [0.2, 0.25) is 5.02 Å². The second-order valence-corrected chi connectivity index (χ2v) is 9.65. The average molecular weight is 468 g/mol. The van der Waals surface area contributed by atoms with Crippen molar-refractivity contribution in [1.29, 1.82) is 0 Å². The minimum absolute atomic E-state index is 0.133. The summed E-state index contributed by atoms with van der Waals surface area (Å²) >= 11 is 6.29. The van der Waals surface area contributed by atoms with Gasteiger partial charge in [0.1, 0.15) is 24.0 Å². The Morgan fingerprint density at radius 2 is 1.88 bits per heavy atom. The smallest absolute Gasteiger partial charge is 0.231 e. The molecule has 1 saturated carbocycles. The van der Waals surface area contributed by atoms with E-state index in [2.05, 4.69) is 4.90 Å². The number of hydrogen-bond acceptors (Lipinski definition) is 6. The summed E-state index contributed by atoms with van der Waals surface area (Å²) in [5.74, 6) is 2.23. The zero-order valence-corrected chi connectivity index (χ0v) is 19.4. The van der Waals surface area contributed by atoms with Gasteiger partial charge < -0.3 is 18.9 Å². The summed E-state index contributed by atoms with van der Waals surface area (Å²) in [4.78, 5) is 15.7. The maximum absolute atomic E-state index is 13.3. The zero-order valence-electron chi connectivity index (χ0n) is 18.6. The number of allylic oxidation sites excluding steroid dienone is 1. The number of carbonyl (C=O) groups is 1. The minimum atomic E-state index is -0.133. The van der Waals surface area contributed by atoms with Crippen LogP contribution in [0, 0.1) is 6.92 Å². The van der Waals surface area contributed by atoms with Gasteiger partial charge in [0, 0.05) is 39.9 Å². The van der Waals surface area contributed by atoms with Gasteiger partial charge in [-0.1, -0.05) is 30.9 Å². The predicted octanol–water partition coefficient (Wildman–Crippen LogP) is 5.62. The van der Waals surface area contributed by atoms with E-state index in [1.807, 2.05) is 19.1 Å². The van der Waals surface area contributed by atoms with Gasteiger partial charge in [0.05, 0.1) is 12.2 Å². The monoisotopic (exact) mass is 467 g/mol. The van der Waals surface area contributed by atoms with Crippen LogP contribution >= 0.6 is 11.6 Å². The summed E-state index contributed by atoms with van der Waals surface area (Å²) in [6, 6.07) is 6.10. The van der Waals surface area contributed by atoms with E-state index in [9.17, 15) is 4.79 Å². The van der Waals surface area contributed by atoms with Gasteiger partial charge in [-0.3, -0.25) is 9.69 Å². The first-order valence-corrected chi connectivity index (χ1v) is 12.0. The van der Waals surface area contributed by atoms with Crippen LogP contribution in [0.15, 0.2) is 24.0 Å². The topological polar surface area (TPSA) is 57.2 Å². The highest BCUT2D eigenvalue weighted by Crippen LogP contribution is 2.44. The van der Waals surface area contributed by atoms with E-state index in [4.69, 9.17) is 30.5 Å². The Labute approximate surface area is 198 Å². The van der Waals surface area contributed by atoms with Crippen molar-refractivity contribution in [2.75, 3.05) is 13.5 Å². The lowest BCUT2D eigenvalue weighted by Crippen LogP contribution is -2.41. The van der Waals surface area contributed by atoms with Gasteiger partial charge in [-0.05, 0) is 44.0 Å². The molecule has 6 nitrogen and oxygen atoms in total. The lowest BCUT2D eigenvalue weighted by molar-refractivity contribution is -0.0165. The van der Waals surface area contributed by atoms with Gasteiger partial charge in [-0.2, -0.15) is 0 Å². The van der Waals surface area contributed by atoms with Crippen LogP contribution in [0.1, 0.15) is 64.7 Å². The van der Waals surface area contributed by atoms with Gasteiger partial charge in [0.2, 0.25) is 5.78 Å². The van der Waals surface area contributed by atoms with Crippen LogP contribution < -0.4 is 14.2 Å². The molecular formula is C26H26ClNO5. The number of benzene rings is 2. The van der Waals surface area contributed by atoms with E-state index in [0.29, 0.717) is 47.0 Å². The minimum Gasteiger partial charge on any atom is -0.477 e. The highest BCUT2D eigenvalue weighted by Gasteiger charge is 2.35. The standard InChI is InChI=1S/C26H26ClNO5/c1-15-24-17(11-28(13-31-24)20-5-3-2-4-6-20)9-21-23(29)22(33-25(15)21)10-16-7-19(27)8-18-12-30-14-32-26(16)18/h7-10,20H,2-6,11-14H2,1H3/b22-10-. The first-order chi connectivity index (χ1) is 16.1. The van der Waals surface area contributed by atoms with Crippen LogP contribution in [0.4, 0.5) is 0 Å². The molecule has 0 radical (unpaired) electrons. The molecule has 3 heterocycles. The van der Waals surface area contributed by atoms with Gasteiger partial charge in [0.15, 0.2) is 12.6 Å². The number of rotatable bonds is 2. The molecule has 0 atom stereocenters. The lowest BCUT2D eigenvalue weighted by Gasteiger charge is -2.37. The van der Waals surface area contributed by atoms with Gasteiger partial charge in [0.25, 0.3) is 0 Å². The zero-order chi connectivity index (χ0) is 22.5. The van der Waals surface area contributed by atoms with Crippen molar-refractivity contribution in [2.45, 2.75) is 58.2 Å². The molecule has 0 saturated heterocycles. The average Bonchev–Trinajstić information content (AvgIpc) is 3.15. The van der Waals surface area contributed by atoms with Gasteiger partial charge >= 0.3 is 0 Å². The van der Waals surface area contributed by atoms with Crippen molar-refractivity contribution in [3.8, 4) is 17.2 Å². The number of hydrogen-bond donors (Lipinski definition) is 0. The molecule has 0 spiro atoms. The third kappa shape index (κ3) is 3.70. The van der Waals surface area contributed by atoms with E-state index in [1.165, 1.54) is 32.1 Å². The predicted molar refractivity (Wildman–Crippen MR) is 124 cm³/mol. The van der Waals surface area contributed by atoms with Crippen molar-refractivity contribution in [1.82, 2.24) is 4.90 Å². The van der Waals surface area contributed by atoms with E-state index >= 15 is 0 Å². The van der Waals surface area contributed by atoms with Crippen LogP contribution in [0.5, 0.6) is 17.2 Å². The van der Waals surface area contributed by atoms with Crippen molar-refractivity contribution in [2.24, 2.45) is 0 Å². The highest BCUT2D eigenvalue weighted by molar-refractivity contribution is 6.31. The Kier molecular flexibility index (Phi) is 5.32. The molecule has 0 bridgehead atoms. The molecule has 0 aromatic heterocycles. The molecule has 1 aliphatic carbocycles. The molecule has 0 N–H and O–H groups in total. The molecule has 33 heavy (non-hydrogen) atoms. The number of fused-ring (bicyclic) bond motifs is 3. The Hall–Kier alpha value is -2.54. The summed E-state index contributed by atoms with van der Waals surface area (Å²) in [7, 11) is 0. The fourth-order valence-electron chi connectivity index (χ4n) is 5.40. The number of nitrogens with zero attached hydrogens (tertiary/aromatic N) is 1. The maximum atomic E-state index is 13.3. The lowest BCUT2D eigenvalue weighted by atomic mass is 9.93. The van der Waals surface area contributed by atoms with E-state index in [-0.39, 0.29) is 18.3 Å². The van der Waals surface area contributed by atoms with Crippen LogP contribution in [0.25, 0.3) is 6.08 Å². The molecule has 172 valence electrons. The molecule has 2 aromatic rings. The fourth-order valence-corrected chi connectivity index (χ4v) is 5.65. The number of ether oxygens (including phenoxy) is 4. The molecule has 2 aromatic carbocycles. The third-order valence-electron chi connectivity index (χ3n) is 7.05. The Morgan fingerprint density at radius 1 is 1.03 bits per heavy atom. The second kappa shape index (κ2) is 8.35. The van der Waals surface area contributed by atoms with Crippen LogP contribution in [0.3, 0.4) is 0 Å². The molecule has 4 aliphatic rings. The van der Waals surface area contributed by atoms with Crippen LogP contribution in [-0.2, 0) is 17.9 Å². The Morgan fingerprint density at radius 3 is 2.73 bits per heavy atom. The largest absolute Gasteiger partial charge is 0.477 e. The Bertz CT molecular complexity index is 1170. The molecule has 1 fully saturated rings. The summed E-state index contributed by atoms with van der Waals surface area (Å²) in [5, 5.41) is 0.556. The number of carbonyl (C=O) groups excluding carboxylic acids is 1. The fraction of sp³-hybridized carbons (Fsp3) is 0.423. The first-order valence-electron chi connectivity index (χ1n) is 11.6. The van der Waals surface area contributed by atoms with E-state index < -0.39 is 0 Å². The van der Waals surface area contributed by atoms with Crippen LogP contribution in [-0.4, -0.2) is 30.2 Å². The normalized spacial score (nSPS) is 21.6. The van der Waals surface area contributed by atoms with E-state index in [0.717, 1.165) is 29.0 Å². The second-order valence-electron chi connectivity index (χ2n) is 9.21. The highest BCUT2D eigenvalue weighted by atomic mass is 35.5. The van der Waals surface area contributed by atoms with E-state index in [1.54, 1.807) is 12.1 Å². The molecular weight excluding hydrogens is 442 g/mol. The first kappa shape index (κ1) is 21.0. The number of Topliss-reactive ketones (excluding diaryl/α,β-unsaturated/α-hetero) is 1. The summed E-state index contributed by atoms with van der Waals surface area (Å²) in [6.45, 7) is 3.94. The van der Waals surface area contributed by atoms with Crippen molar-refractivity contribution < 1.29 is 23.7 Å². The van der Waals surface area contributed by atoms with Gasteiger partial charge in [-0.25, -0.2) is 0 Å².